The molecular formula is C17H17N3O2S. The lowest BCUT2D eigenvalue weighted by Gasteiger charge is -2.12. The standard InChI is InChI=1S/C17H17N3O2S/c1-10-7-8-14(22-10)17-20-12(3)15(23-17)16(21)19-11(2)13-6-4-5-9-18-13/h4-9,11H,1-3H3,(H,19,21)/t11-/m0/s1. The van der Waals surface area contributed by atoms with Crippen molar-refractivity contribution in [3.63, 3.8) is 0 Å². The first-order valence-corrected chi connectivity index (χ1v) is 8.12. The van der Waals surface area contributed by atoms with Crippen LogP contribution < -0.4 is 5.32 Å². The van der Waals surface area contributed by atoms with Gasteiger partial charge in [-0.3, -0.25) is 9.78 Å². The Balaban J connectivity index is 1.79. The van der Waals surface area contributed by atoms with Gasteiger partial charge in [-0.1, -0.05) is 6.07 Å². The van der Waals surface area contributed by atoms with Crippen molar-refractivity contribution in [1.29, 1.82) is 0 Å². The highest BCUT2D eigenvalue weighted by molar-refractivity contribution is 7.17. The van der Waals surface area contributed by atoms with Gasteiger partial charge in [-0.05, 0) is 45.0 Å². The average molecular weight is 327 g/mol. The van der Waals surface area contributed by atoms with Crippen molar-refractivity contribution < 1.29 is 9.21 Å². The van der Waals surface area contributed by atoms with Crippen LogP contribution in [0.2, 0.25) is 0 Å². The van der Waals surface area contributed by atoms with Gasteiger partial charge in [0.2, 0.25) is 0 Å². The summed E-state index contributed by atoms with van der Waals surface area (Å²) in [6, 6.07) is 9.23. The van der Waals surface area contributed by atoms with Crippen molar-refractivity contribution in [2.24, 2.45) is 0 Å². The first-order valence-electron chi connectivity index (χ1n) is 7.30. The smallest absolute Gasteiger partial charge is 0.263 e. The third-order valence-electron chi connectivity index (χ3n) is 3.43. The summed E-state index contributed by atoms with van der Waals surface area (Å²) in [5.41, 5.74) is 1.52. The maximum Gasteiger partial charge on any atom is 0.263 e. The van der Waals surface area contributed by atoms with Gasteiger partial charge in [0.25, 0.3) is 5.91 Å². The Morgan fingerprint density at radius 1 is 1.26 bits per heavy atom. The van der Waals surface area contributed by atoms with Gasteiger partial charge in [0, 0.05) is 6.20 Å². The number of rotatable bonds is 4. The second kappa shape index (κ2) is 6.34. The fourth-order valence-corrected chi connectivity index (χ4v) is 3.16. The third-order valence-corrected chi connectivity index (χ3v) is 4.60. The van der Waals surface area contributed by atoms with Crippen molar-refractivity contribution in [2.75, 3.05) is 0 Å². The summed E-state index contributed by atoms with van der Waals surface area (Å²) in [6.45, 7) is 5.62. The van der Waals surface area contributed by atoms with E-state index in [1.54, 1.807) is 6.20 Å². The molecule has 0 aliphatic carbocycles. The summed E-state index contributed by atoms with van der Waals surface area (Å²) < 4.78 is 5.57. The Morgan fingerprint density at radius 2 is 2.09 bits per heavy atom. The predicted molar refractivity (Wildman–Crippen MR) is 89.4 cm³/mol. The van der Waals surface area contributed by atoms with E-state index in [4.69, 9.17) is 4.42 Å². The second-order valence-electron chi connectivity index (χ2n) is 5.29. The normalized spacial score (nSPS) is 12.1. The van der Waals surface area contributed by atoms with E-state index in [0.717, 1.165) is 11.5 Å². The number of thiazole rings is 1. The fourth-order valence-electron chi connectivity index (χ4n) is 2.23. The molecule has 0 aromatic carbocycles. The molecule has 3 heterocycles. The van der Waals surface area contributed by atoms with Crippen LogP contribution in [0.25, 0.3) is 10.8 Å². The SMILES string of the molecule is Cc1ccc(-c2nc(C)c(C(=O)N[C@@H](C)c3ccccn3)s2)o1. The van der Waals surface area contributed by atoms with E-state index < -0.39 is 0 Å². The number of carbonyl (C=O) groups is 1. The highest BCUT2D eigenvalue weighted by Crippen LogP contribution is 2.29. The van der Waals surface area contributed by atoms with Crippen molar-refractivity contribution >= 4 is 17.2 Å². The number of amides is 1. The molecule has 3 rings (SSSR count). The topological polar surface area (TPSA) is 68.0 Å². The van der Waals surface area contributed by atoms with Crippen LogP contribution in [0.1, 0.15) is 39.8 Å². The maximum absolute atomic E-state index is 12.5. The highest BCUT2D eigenvalue weighted by atomic mass is 32.1. The van der Waals surface area contributed by atoms with Gasteiger partial charge in [0.1, 0.15) is 10.6 Å². The molecule has 0 saturated heterocycles. The average Bonchev–Trinajstić information content (AvgIpc) is 3.14. The van der Waals surface area contributed by atoms with Gasteiger partial charge < -0.3 is 9.73 Å². The first-order chi connectivity index (χ1) is 11.0. The lowest BCUT2D eigenvalue weighted by molar-refractivity contribution is 0.0942. The Morgan fingerprint density at radius 3 is 2.74 bits per heavy atom. The largest absolute Gasteiger partial charge is 0.459 e. The Hall–Kier alpha value is -2.47. The van der Waals surface area contributed by atoms with Gasteiger partial charge >= 0.3 is 0 Å². The zero-order valence-electron chi connectivity index (χ0n) is 13.2. The number of nitrogens with zero attached hydrogens (tertiary/aromatic N) is 2. The van der Waals surface area contributed by atoms with Crippen LogP contribution in [-0.2, 0) is 0 Å². The molecule has 3 aromatic heterocycles. The van der Waals surface area contributed by atoms with Crippen molar-refractivity contribution in [3.8, 4) is 10.8 Å². The van der Waals surface area contributed by atoms with E-state index >= 15 is 0 Å². The molecule has 0 fully saturated rings. The summed E-state index contributed by atoms with van der Waals surface area (Å²) in [7, 11) is 0. The maximum atomic E-state index is 12.5. The number of carbonyl (C=O) groups excluding carboxylic acids is 1. The van der Waals surface area contributed by atoms with E-state index in [1.807, 2.05) is 51.1 Å². The fraction of sp³-hybridized carbons (Fsp3) is 0.235. The second-order valence-corrected chi connectivity index (χ2v) is 6.29. The molecule has 0 saturated carbocycles. The van der Waals surface area contributed by atoms with Crippen molar-refractivity contribution in [1.82, 2.24) is 15.3 Å². The number of nitrogens with one attached hydrogen (secondary N) is 1. The van der Waals surface area contributed by atoms with Crippen LogP contribution in [-0.4, -0.2) is 15.9 Å². The van der Waals surface area contributed by atoms with Gasteiger partial charge in [-0.25, -0.2) is 4.98 Å². The zero-order valence-corrected chi connectivity index (χ0v) is 14.0. The molecule has 0 unspecified atom stereocenters. The van der Waals surface area contributed by atoms with Gasteiger partial charge in [0.05, 0.1) is 17.4 Å². The van der Waals surface area contributed by atoms with E-state index in [0.29, 0.717) is 21.3 Å². The number of hydrogen-bond donors (Lipinski definition) is 1. The van der Waals surface area contributed by atoms with Crippen LogP contribution >= 0.6 is 11.3 Å². The van der Waals surface area contributed by atoms with Crippen molar-refractivity contribution in [2.45, 2.75) is 26.8 Å². The summed E-state index contributed by atoms with van der Waals surface area (Å²) in [5.74, 6) is 1.36. The molecule has 0 aliphatic heterocycles. The lowest BCUT2D eigenvalue weighted by atomic mass is 10.2. The van der Waals surface area contributed by atoms with Crippen LogP contribution in [0, 0.1) is 13.8 Å². The number of pyridine rings is 1. The number of aryl methyl sites for hydroxylation is 2. The van der Waals surface area contributed by atoms with Crippen molar-refractivity contribution in [3.05, 3.63) is 58.6 Å². The molecule has 0 radical (unpaired) electrons. The predicted octanol–water partition coefficient (Wildman–Crippen LogP) is 3.91. The zero-order chi connectivity index (χ0) is 16.4. The molecule has 1 N–H and O–H groups in total. The minimum Gasteiger partial charge on any atom is -0.459 e. The Labute approximate surface area is 138 Å². The van der Waals surface area contributed by atoms with E-state index in [1.165, 1.54) is 11.3 Å². The number of aromatic nitrogens is 2. The third kappa shape index (κ3) is 3.32. The minimum atomic E-state index is -0.167. The molecule has 6 heteroatoms. The molecule has 3 aromatic rings. The lowest BCUT2D eigenvalue weighted by Crippen LogP contribution is -2.27. The summed E-state index contributed by atoms with van der Waals surface area (Å²) in [4.78, 5) is 21.8. The number of furan rings is 1. The first kappa shape index (κ1) is 15.4. The molecule has 1 amide bonds. The highest BCUT2D eigenvalue weighted by Gasteiger charge is 2.19. The molecule has 118 valence electrons. The molecule has 0 bridgehead atoms. The monoisotopic (exact) mass is 327 g/mol. The molecular weight excluding hydrogens is 310 g/mol. The Kier molecular flexibility index (Phi) is 4.25. The summed E-state index contributed by atoms with van der Waals surface area (Å²) in [5, 5.41) is 3.68. The molecule has 23 heavy (non-hydrogen) atoms. The molecule has 0 spiro atoms. The van der Waals surface area contributed by atoms with E-state index in [2.05, 4.69) is 15.3 Å². The van der Waals surface area contributed by atoms with Crippen LogP contribution in [0.3, 0.4) is 0 Å². The Bertz CT molecular complexity index is 823. The number of hydrogen-bond acceptors (Lipinski definition) is 5. The summed E-state index contributed by atoms with van der Waals surface area (Å²) >= 11 is 1.33. The van der Waals surface area contributed by atoms with E-state index in [9.17, 15) is 4.79 Å². The van der Waals surface area contributed by atoms with Gasteiger partial charge in [-0.15, -0.1) is 11.3 Å². The van der Waals surface area contributed by atoms with Gasteiger partial charge in [0.15, 0.2) is 10.8 Å². The van der Waals surface area contributed by atoms with Gasteiger partial charge in [-0.2, -0.15) is 0 Å². The van der Waals surface area contributed by atoms with Crippen LogP contribution in [0.5, 0.6) is 0 Å². The van der Waals surface area contributed by atoms with Crippen LogP contribution in [0.4, 0.5) is 0 Å². The van der Waals surface area contributed by atoms with Crippen LogP contribution in [0.15, 0.2) is 40.9 Å². The molecule has 0 aliphatic rings. The molecule has 5 nitrogen and oxygen atoms in total. The quantitative estimate of drug-likeness (QED) is 0.789. The molecule has 1 atom stereocenters. The minimum absolute atomic E-state index is 0.146. The van der Waals surface area contributed by atoms with E-state index in [-0.39, 0.29) is 11.9 Å². The summed E-state index contributed by atoms with van der Waals surface area (Å²) in [6.07, 6.45) is 1.72.